The molecule has 0 saturated carbocycles. The Labute approximate surface area is 107 Å². The Morgan fingerprint density at radius 2 is 2.11 bits per heavy atom. The second kappa shape index (κ2) is 5.35. The Morgan fingerprint density at radius 3 is 2.72 bits per heavy atom. The SMILES string of the molecule is CCc1nn(C)cc1C(O)Cc1cnn(CC)c1. The van der Waals surface area contributed by atoms with Gasteiger partial charge in [-0.05, 0) is 18.9 Å². The highest BCUT2D eigenvalue weighted by molar-refractivity contribution is 5.22. The summed E-state index contributed by atoms with van der Waals surface area (Å²) < 4.78 is 3.62. The van der Waals surface area contributed by atoms with Gasteiger partial charge in [0.1, 0.15) is 0 Å². The minimum atomic E-state index is -0.511. The van der Waals surface area contributed by atoms with Crippen LogP contribution in [0.15, 0.2) is 18.6 Å². The highest BCUT2D eigenvalue weighted by Crippen LogP contribution is 2.21. The molecule has 0 aliphatic heterocycles. The fourth-order valence-corrected chi connectivity index (χ4v) is 2.12. The molecule has 1 N–H and O–H groups in total. The summed E-state index contributed by atoms with van der Waals surface area (Å²) in [6.45, 7) is 4.94. The van der Waals surface area contributed by atoms with E-state index < -0.39 is 6.10 Å². The number of nitrogens with zero attached hydrogens (tertiary/aromatic N) is 4. The van der Waals surface area contributed by atoms with Crippen LogP contribution in [0.2, 0.25) is 0 Å². The molecule has 0 fully saturated rings. The molecule has 98 valence electrons. The first-order chi connectivity index (χ1) is 8.63. The third kappa shape index (κ3) is 2.61. The molecule has 2 aromatic heterocycles. The summed E-state index contributed by atoms with van der Waals surface area (Å²) in [5, 5.41) is 18.9. The fraction of sp³-hybridized carbons (Fsp3) is 0.538. The van der Waals surface area contributed by atoms with Gasteiger partial charge < -0.3 is 5.11 Å². The van der Waals surface area contributed by atoms with E-state index in [-0.39, 0.29) is 0 Å². The van der Waals surface area contributed by atoms with Crippen molar-refractivity contribution < 1.29 is 5.11 Å². The van der Waals surface area contributed by atoms with Crippen LogP contribution in [-0.4, -0.2) is 24.7 Å². The summed E-state index contributed by atoms with van der Waals surface area (Å²) >= 11 is 0. The van der Waals surface area contributed by atoms with Crippen molar-refractivity contribution >= 4 is 0 Å². The number of aryl methyl sites for hydroxylation is 3. The third-order valence-electron chi connectivity index (χ3n) is 3.07. The van der Waals surface area contributed by atoms with Crippen molar-refractivity contribution in [3.05, 3.63) is 35.4 Å². The van der Waals surface area contributed by atoms with Gasteiger partial charge in [0.15, 0.2) is 0 Å². The predicted octanol–water partition coefficient (Wildman–Crippen LogP) is 1.48. The first kappa shape index (κ1) is 12.8. The van der Waals surface area contributed by atoms with Crippen molar-refractivity contribution in [3.8, 4) is 0 Å². The Balaban J connectivity index is 2.13. The minimum Gasteiger partial charge on any atom is -0.388 e. The average Bonchev–Trinajstić information content (AvgIpc) is 2.95. The van der Waals surface area contributed by atoms with E-state index in [1.54, 1.807) is 4.68 Å². The van der Waals surface area contributed by atoms with Crippen molar-refractivity contribution in [2.75, 3.05) is 0 Å². The van der Waals surface area contributed by atoms with Crippen LogP contribution >= 0.6 is 0 Å². The molecular weight excluding hydrogens is 228 g/mol. The quantitative estimate of drug-likeness (QED) is 0.872. The van der Waals surface area contributed by atoms with Gasteiger partial charge >= 0.3 is 0 Å². The Hall–Kier alpha value is -1.62. The van der Waals surface area contributed by atoms with E-state index in [2.05, 4.69) is 10.2 Å². The summed E-state index contributed by atoms with van der Waals surface area (Å²) in [6.07, 6.45) is 6.59. The summed E-state index contributed by atoms with van der Waals surface area (Å²) in [7, 11) is 1.88. The zero-order valence-electron chi connectivity index (χ0n) is 11.2. The fourth-order valence-electron chi connectivity index (χ4n) is 2.12. The lowest BCUT2D eigenvalue weighted by molar-refractivity contribution is 0.177. The highest BCUT2D eigenvalue weighted by Gasteiger charge is 2.16. The van der Waals surface area contributed by atoms with E-state index in [0.717, 1.165) is 29.8 Å². The van der Waals surface area contributed by atoms with E-state index in [9.17, 15) is 5.11 Å². The van der Waals surface area contributed by atoms with Crippen molar-refractivity contribution in [2.24, 2.45) is 7.05 Å². The molecule has 2 rings (SSSR count). The maximum Gasteiger partial charge on any atom is 0.0864 e. The van der Waals surface area contributed by atoms with Crippen molar-refractivity contribution in [2.45, 2.75) is 39.3 Å². The second-order valence-electron chi connectivity index (χ2n) is 4.48. The molecule has 0 aliphatic rings. The van der Waals surface area contributed by atoms with Gasteiger partial charge in [-0.1, -0.05) is 6.92 Å². The molecule has 0 spiro atoms. The van der Waals surface area contributed by atoms with Crippen LogP contribution in [0.5, 0.6) is 0 Å². The molecule has 0 aromatic carbocycles. The number of hydrogen-bond acceptors (Lipinski definition) is 3. The van der Waals surface area contributed by atoms with Crippen LogP contribution in [0.3, 0.4) is 0 Å². The molecular formula is C13H20N4O. The molecule has 1 unspecified atom stereocenters. The van der Waals surface area contributed by atoms with Gasteiger partial charge in [0.2, 0.25) is 0 Å². The summed E-state index contributed by atoms with van der Waals surface area (Å²) in [5.74, 6) is 0. The number of aromatic nitrogens is 4. The van der Waals surface area contributed by atoms with Crippen LogP contribution < -0.4 is 0 Å². The summed E-state index contributed by atoms with van der Waals surface area (Å²) in [6, 6.07) is 0. The Bertz CT molecular complexity index is 515. The van der Waals surface area contributed by atoms with Crippen molar-refractivity contribution in [1.82, 2.24) is 19.6 Å². The normalized spacial score (nSPS) is 12.9. The van der Waals surface area contributed by atoms with E-state index >= 15 is 0 Å². The van der Waals surface area contributed by atoms with Gasteiger partial charge in [0.25, 0.3) is 0 Å². The van der Waals surface area contributed by atoms with E-state index in [1.165, 1.54) is 0 Å². The Morgan fingerprint density at radius 1 is 1.33 bits per heavy atom. The first-order valence-corrected chi connectivity index (χ1v) is 6.35. The van der Waals surface area contributed by atoms with Crippen LogP contribution in [0.4, 0.5) is 0 Å². The zero-order valence-corrected chi connectivity index (χ0v) is 11.2. The van der Waals surface area contributed by atoms with Gasteiger partial charge in [0, 0.05) is 38.0 Å². The zero-order chi connectivity index (χ0) is 13.1. The van der Waals surface area contributed by atoms with Crippen LogP contribution in [-0.2, 0) is 26.4 Å². The number of hydrogen-bond donors (Lipinski definition) is 1. The van der Waals surface area contributed by atoms with Crippen molar-refractivity contribution in [3.63, 3.8) is 0 Å². The predicted molar refractivity (Wildman–Crippen MR) is 69.2 cm³/mol. The van der Waals surface area contributed by atoms with Crippen LogP contribution in [0, 0.1) is 0 Å². The van der Waals surface area contributed by atoms with Gasteiger partial charge in [-0.2, -0.15) is 10.2 Å². The summed E-state index contributed by atoms with van der Waals surface area (Å²) in [4.78, 5) is 0. The third-order valence-corrected chi connectivity index (χ3v) is 3.07. The molecule has 0 aliphatic carbocycles. The number of aliphatic hydroxyl groups is 1. The van der Waals surface area contributed by atoms with E-state index in [0.29, 0.717) is 6.42 Å². The highest BCUT2D eigenvalue weighted by atomic mass is 16.3. The molecule has 2 heterocycles. The molecule has 2 aromatic rings. The lowest BCUT2D eigenvalue weighted by Crippen LogP contribution is -2.03. The maximum absolute atomic E-state index is 10.3. The monoisotopic (exact) mass is 248 g/mol. The Kier molecular flexibility index (Phi) is 3.81. The molecule has 5 heteroatoms. The van der Waals surface area contributed by atoms with Gasteiger partial charge in [-0.25, -0.2) is 0 Å². The number of aliphatic hydroxyl groups excluding tert-OH is 1. The molecule has 0 bridgehead atoms. The molecule has 0 saturated heterocycles. The first-order valence-electron chi connectivity index (χ1n) is 6.35. The number of rotatable bonds is 5. The molecule has 18 heavy (non-hydrogen) atoms. The second-order valence-corrected chi connectivity index (χ2v) is 4.48. The summed E-state index contributed by atoms with van der Waals surface area (Å²) in [5.41, 5.74) is 2.94. The van der Waals surface area contributed by atoms with E-state index in [4.69, 9.17) is 0 Å². The molecule has 1 atom stereocenters. The molecule has 5 nitrogen and oxygen atoms in total. The lowest BCUT2D eigenvalue weighted by Gasteiger charge is -2.08. The largest absolute Gasteiger partial charge is 0.388 e. The van der Waals surface area contributed by atoms with Gasteiger partial charge in [-0.3, -0.25) is 9.36 Å². The average molecular weight is 248 g/mol. The van der Waals surface area contributed by atoms with Gasteiger partial charge in [0.05, 0.1) is 18.0 Å². The van der Waals surface area contributed by atoms with E-state index in [1.807, 2.05) is 44.2 Å². The van der Waals surface area contributed by atoms with Crippen molar-refractivity contribution in [1.29, 1.82) is 0 Å². The maximum atomic E-state index is 10.3. The minimum absolute atomic E-state index is 0.511. The topological polar surface area (TPSA) is 55.9 Å². The smallest absolute Gasteiger partial charge is 0.0864 e. The lowest BCUT2D eigenvalue weighted by atomic mass is 10.0. The standard InChI is InChI=1S/C13H20N4O/c1-4-12-11(9-16(3)15-12)13(18)6-10-7-14-17(5-2)8-10/h7-9,13,18H,4-6H2,1-3H3. The van der Waals surface area contributed by atoms with Crippen LogP contribution in [0.1, 0.15) is 36.8 Å². The molecule has 0 amide bonds. The van der Waals surface area contributed by atoms with Crippen LogP contribution in [0.25, 0.3) is 0 Å². The van der Waals surface area contributed by atoms with Gasteiger partial charge in [-0.15, -0.1) is 0 Å². The molecule has 0 radical (unpaired) electrons.